The first-order valence-corrected chi connectivity index (χ1v) is 7.29. The zero-order valence-electron chi connectivity index (χ0n) is 11.2. The van der Waals surface area contributed by atoms with Gasteiger partial charge in [-0.15, -0.1) is 0 Å². The summed E-state index contributed by atoms with van der Waals surface area (Å²) in [5.74, 6) is 0.378. The van der Waals surface area contributed by atoms with Gasteiger partial charge in [0.1, 0.15) is 0 Å². The average molecular weight is 238 g/mol. The Bertz CT molecular complexity index is 243. The van der Waals surface area contributed by atoms with E-state index in [0.717, 1.165) is 19.5 Å². The van der Waals surface area contributed by atoms with Crippen LogP contribution in [0.25, 0.3) is 0 Å². The van der Waals surface area contributed by atoms with E-state index in [0.29, 0.717) is 11.9 Å². The quantitative estimate of drug-likeness (QED) is 0.753. The number of hydrogen-bond acceptors (Lipinski definition) is 2. The second-order valence-electron chi connectivity index (χ2n) is 5.59. The Morgan fingerprint density at radius 3 is 2.06 bits per heavy atom. The predicted octanol–water partition coefficient (Wildman–Crippen LogP) is 2.26. The van der Waals surface area contributed by atoms with Crippen LogP contribution >= 0.6 is 0 Å². The van der Waals surface area contributed by atoms with E-state index in [1.54, 1.807) is 0 Å². The van der Waals surface area contributed by atoms with Crippen LogP contribution in [0, 0.1) is 0 Å². The summed E-state index contributed by atoms with van der Waals surface area (Å²) in [6.45, 7) is 6.58. The van der Waals surface area contributed by atoms with Crippen molar-refractivity contribution < 1.29 is 4.79 Å². The van der Waals surface area contributed by atoms with Crippen LogP contribution in [0.5, 0.6) is 0 Å². The molecule has 17 heavy (non-hydrogen) atoms. The zero-order chi connectivity index (χ0) is 12.1. The van der Waals surface area contributed by atoms with E-state index >= 15 is 0 Å². The fourth-order valence-corrected chi connectivity index (χ4v) is 3.01. The molecular formula is C14H26N2O. The van der Waals surface area contributed by atoms with Gasteiger partial charge in [-0.2, -0.15) is 0 Å². The second kappa shape index (κ2) is 6.39. The molecule has 3 heteroatoms. The van der Waals surface area contributed by atoms with Gasteiger partial charge in [0, 0.05) is 25.6 Å². The van der Waals surface area contributed by atoms with Gasteiger partial charge in [-0.25, -0.2) is 0 Å². The molecule has 2 aliphatic rings. The fourth-order valence-electron chi connectivity index (χ4n) is 3.01. The largest absolute Gasteiger partial charge is 0.343 e. The van der Waals surface area contributed by atoms with E-state index in [1.807, 2.05) is 0 Å². The Morgan fingerprint density at radius 1 is 0.941 bits per heavy atom. The van der Waals surface area contributed by atoms with E-state index in [4.69, 9.17) is 0 Å². The van der Waals surface area contributed by atoms with E-state index in [9.17, 15) is 4.79 Å². The van der Waals surface area contributed by atoms with Crippen LogP contribution in [0.2, 0.25) is 0 Å². The van der Waals surface area contributed by atoms with E-state index in [1.165, 1.54) is 51.6 Å². The lowest BCUT2D eigenvalue weighted by Gasteiger charge is -2.34. The van der Waals surface area contributed by atoms with Crippen molar-refractivity contribution in [2.75, 3.05) is 26.2 Å². The van der Waals surface area contributed by atoms with Crippen molar-refractivity contribution in [3.8, 4) is 0 Å². The highest BCUT2D eigenvalue weighted by Gasteiger charge is 2.22. The van der Waals surface area contributed by atoms with Gasteiger partial charge in [0.15, 0.2) is 0 Å². The van der Waals surface area contributed by atoms with Gasteiger partial charge < -0.3 is 9.80 Å². The molecule has 0 N–H and O–H groups in total. The minimum atomic E-state index is 0.378. The number of carbonyl (C=O) groups excluding carboxylic acids is 1. The SMILES string of the molecule is CC(CC(=O)N1CCCCC1)N1CCCCC1. The molecule has 1 atom stereocenters. The van der Waals surface area contributed by atoms with Crippen molar-refractivity contribution in [1.82, 2.24) is 9.80 Å². The van der Waals surface area contributed by atoms with Gasteiger partial charge in [-0.05, 0) is 52.1 Å². The Hall–Kier alpha value is -0.570. The Morgan fingerprint density at radius 2 is 1.47 bits per heavy atom. The summed E-state index contributed by atoms with van der Waals surface area (Å²) in [7, 11) is 0. The molecule has 0 aromatic heterocycles. The van der Waals surface area contributed by atoms with E-state index in [-0.39, 0.29) is 0 Å². The van der Waals surface area contributed by atoms with Crippen LogP contribution in [0.4, 0.5) is 0 Å². The molecule has 2 fully saturated rings. The van der Waals surface area contributed by atoms with Gasteiger partial charge in [0.05, 0.1) is 0 Å². The van der Waals surface area contributed by atoms with Crippen molar-refractivity contribution in [1.29, 1.82) is 0 Å². The summed E-state index contributed by atoms with van der Waals surface area (Å²) in [6, 6.07) is 0.435. The van der Waals surface area contributed by atoms with Crippen molar-refractivity contribution in [3.63, 3.8) is 0 Å². The molecule has 0 bridgehead atoms. The second-order valence-corrected chi connectivity index (χ2v) is 5.59. The molecule has 98 valence electrons. The lowest BCUT2D eigenvalue weighted by molar-refractivity contribution is -0.133. The van der Waals surface area contributed by atoms with Crippen LogP contribution in [0.3, 0.4) is 0 Å². The molecule has 2 rings (SSSR count). The van der Waals surface area contributed by atoms with Crippen LogP contribution in [0.1, 0.15) is 51.9 Å². The highest BCUT2D eigenvalue weighted by atomic mass is 16.2. The van der Waals surface area contributed by atoms with Gasteiger partial charge >= 0.3 is 0 Å². The lowest BCUT2D eigenvalue weighted by Crippen LogP contribution is -2.43. The Kier molecular flexibility index (Phi) is 4.84. The lowest BCUT2D eigenvalue weighted by atomic mass is 10.1. The first-order valence-electron chi connectivity index (χ1n) is 7.29. The number of piperidine rings is 2. The summed E-state index contributed by atoms with van der Waals surface area (Å²) in [4.78, 5) is 16.7. The van der Waals surface area contributed by atoms with Crippen molar-refractivity contribution >= 4 is 5.91 Å². The van der Waals surface area contributed by atoms with Crippen LogP contribution < -0.4 is 0 Å². The normalized spacial score (nSPS) is 24.6. The van der Waals surface area contributed by atoms with Gasteiger partial charge in [-0.3, -0.25) is 4.79 Å². The average Bonchev–Trinajstić information content (AvgIpc) is 2.40. The molecular weight excluding hydrogens is 212 g/mol. The smallest absolute Gasteiger partial charge is 0.224 e. The van der Waals surface area contributed by atoms with Gasteiger partial charge in [0.2, 0.25) is 5.91 Å². The number of carbonyl (C=O) groups is 1. The van der Waals surface area contributed by atoms with Crippen molar-refractivity contribution in [3.05, 3.63) is 0 Å². The number of nitrogens with zero attached hydrogens (tertiary/aromatic N) is 2. The topological polar surface area (TPSA) is 23.6 Å². The predicted molar refractivity (Wildman–Crippen MR) is 69.9 cm³/mol. The van der Waals surface area contributed by atoms with Gasteiger partial charge in [-0.1, -0.05) is 6.42 Å². The van der Waals surface area contributed by atoms with Gasteiger partial charge in [0.25, 0.3) is 0 Å². The van der Waals surface area contributed by atoms with Crippen molar-refractivity contribution in [2.45, 2.75) is 57.9 Å². The fraction of sp³-hybridized carbons (Fsp3) is 0.929. The minimum Gasteiger partial charge on any atom is -0.343 e. The molecule has 0 aliphatic carbocycles. The molecule has 3 nitrogen and oxygen atoms in total. The summed E-state index contributed by atoms with van der Waals surface area (Å²) in [6.07, 6.45) is 8.40. The first kappa shape index (κ1) is 12.9. The van der Waals surface area contributed by atoms with E-state index < -0.39 is 0 Å². The molecule has 1 unspecified atom stereocenters. The zero-order valence-corrected chi connectivity index (χ0v) is 11.2. The molecule has 0 radical (unpaired) electrons. The van der Waals surface area contributed by atoms with Crippen LogP contribution in [-0.2, 0) is 4.79 Å². The Balaban J connectivity index is 1.76. The minimum absolute atomic E-state index is 0.378. The van der Waals surface area contributed by atoms with E-state index in [2.05, 4.69) is 16.7 Å². The number of amides is 1. The van der Waals surface area contributed by atoms with Crippen LogP contribution in [0.15, 0.2) is 0 Å². The molecule has 0 aromatic carbocycles. The third-order valence-electron chi connectivity index (χ3n) is 4.19. The Labute approximate surface area is 105 Å². The maximum absolute atomic E-state index is 12.2. The molecule has 1 amide bonds. The third-order valence-corrected chi connectivity index (χ3v) is 4.19. The number of rotatable bonds is 3. The summed E-state index contributed by atoms with van der Waals surface area (Å²) in [5, 5.41) is 0. The van der Waals surface area contributed by atoms with Crippen molar-refractivity contribution in [2.24, 2.45) is 0 Å². The highest BCUT2D eigenvalue weighted by Crippen LogP contribution is 2.16. The van der Waals surface area contributed by atoms with Crippen LogP contribution in [-0.4, -0.2) is 47.9 Å². The molecule has 0 saturated carbocycles. The molecule has 2 aliphatic heterocycles. The number of hydrogen-bond donors (Lipinski definition) is 0. The summed E-state index contributed by atoms with van der Waals surface area (Å²) in [5.41, 5.74) is 0. The molecule has 0 aromatic rings. The molecule has 2 saturated heterocycles. The first-order chi connectivity index (χ1) is 8.27. The monoisotopic (exact) mass is 238 g/mol. The molecule has 2 heterocycles. The number of likely N-dealkylation sites (tertiary alicyclic amines) is 2. The third kappa shape index (κ3) is 3.70. The molecule has 0 spiro atoms. The highest BCUT2D eigenvalue weighted by molar-refractivity contribution is 5.76. The maximum Gasteiger partial charge on any atom is 0.224 e. The maximum atomic E-state index is 12.2. The summed E-state index contributed by atoms with van der Waals surface area (Å²) < 4.78 is 0. The standard InChI is InChI=1S/C14H26N2O/c1-13(15-8-4-2-5-9-15)12-14(17)16-10-6-3-7-11-16/h13H,2-12H2,1H3. The summed E-state index contributed by atoms with van der Waals surface area (Å²) >= 11 is 0.